The Hall–Kier alpha value is -5.10. The van der Waals surface area contributed by atoms with E-state index in [4.69, 9.17) is 20.9 Å². The number of aliphatic hydroxyl groups excluding tert-OH is 2. The predicted octanol–water partition coefficient (Wildman–Crippen LogP) is -2.97. The zero-order chi connectivity index (χ0) is 29.1. The fraction of sp³-hybridized carbons (Fsp3) is 0.455. The smallest absolute Gasteiger partial charge is 0.280 e. The normalized spacial score (nSPS) is 30.9. The first-order valence-electron chi connectivity index (χ1n) is 12.6. The Bertz CT molecular complexity index is 1810. The number of hydrogen-bond acceptors (Lipinski definition) is 16. The molecule has 20 heteroatoms. The minimum atomic E-state index is -1.22. The molecule has 0 radical (unpaired) electrons. The number of aliphatic hydroxyl groups is 2. The van der Waals surface area contributed by atoms with E-state index in [0.29, 0.717) is 0 Å². The van der Waals surface area contributed by atoms with Crippen LogP contribution in [-0.2, 0) is 9.47 Å². The van der Waals surface area contributed by atoms with Gasteiger partial charge in [-0.3, -0.25) is 28.7 Å². The molecule has 8 N–H and O–H groups in total. The van der Waals surface area contributed by atoms with Crippen molar-refractivity contribution in [3.05, 3.63) is 33.4 Å². The zero-order valence-electron chi connectivity index (χ0n) is 21.3. The summed E-state index contributed by atoms with van der Waals surface area (Å²) in [6, 6.07) is 3.46. The summed E-state index contributed by atoms with van der Waals surface area (Å²) in [6.45, 7) is -0.0445. The number of hydrogen-bond donors (Lipinski definition) is 6. The van der Waals surface area contributed by atoms with Crippen molar-refractivity contribution in [2.45, 2.75) is 49.0 Å². The Kier molecular flexibility index (Phi) is 6.01. The fourth-order valence-corrected chi connectivity index (χ4v) is 5.27. The summed E-state index contributed by atoms with van der Waals surface area (Å²) in [5, 5.41) is 22.2. The molecule has 0 amide bonds. The molecule has 0 saturated carbocycles. The number of aliphatic imine (C=N–C) groups is 4. The topological polar surface area (TPSA) is 288 Å². The van der Waals surface area contributed by atoms with E-state index in [-0.39, 0.29) is 47.3 Å². The van der Waals surface area contributed by atoms with E-state index in [1.165, 1.54) is 21.8 Å². The average Bonchev–Trinajstić information content (AvgIpc) is 3.69. The van der Waals surface area contributed by atoms with Crippen LogP contribution < -0.4 is 22.6 Å². The number of nitrogen functional groups attached to an aromatic ring is 2. The monoisotopic (exact) mass is 578 g/mol. The minimum Gasteiger partial charge on any atom is -0.386 e. The lowest BCUT2D eigenvalue weighted by atomic mass is 10.1. The first kappa shape index (κ1) is 25.8. The van der Waals surface area contributed by atoms with Crippen LogP contribution in [0.3, 0.4) is 0 Å². The third-order valence-corrected chi connectivity index (χ3v) is 7.22. The molecule has 3 aliphatic rings. The third kappa shape index (κ3) is 4.10. The Morgan fingerprint density at radius 3 is 1.64 bits per heavy atom. The Morgan fingerprint density at radius 2 is 1.21 bits per heavy atom. The first-order chi connectivity index (χ1) is 20.3. The molecule has 3 aliphatic heterocycles. The molecule has 0 unspecified atom stereocenters. The van der Waals surface area contributed by atoms with Gasteiger partial charge in [-0.15, -0.1) is 0 Å². The molecule has 8 atom stereocenters. The van der Waals surface area contributed by atoms with Crippen molar-refractivity contribution in [1.82, 2.24) is 39.0 Å². The second kappa shape index (κ2) is 9.77. The van der Waals surface area contributed by atoms with Gasteiger partial charge in [0.25, 0.3) is 11.1 Å². The van der Waals surface area contributed by atoms with Crippen LogP contribution >= 0.6 is 0 Å². The molecule has 4 aromatic rings. The van der Waals surface area contributed by atoms with Crippen molar-refractivity contribution in [1.29, 1.82) is 0 Å². The van der Waals surface area contributed by atoms with Crippen LogP contribution in [0.1, 0.15) is 12.5 Å². The van der Waals surface area contributed by atoms with Gasteiger partial charge < -0.3 is 31.2 Å². The molecule has 216 valence electrons. The maximum absolute atomic E-state index is 12.2. The average molecular weight is 579 g/mol. The van der Waals surface area contributed by atoms with Crippen LogP contribution in [0.15, 0.2) is 42.2 Å². The molecule has 0 spiro atoms. The molecule has 7 rings (SSSR count). The number of nitrogens with one attached hydrogen (secondary N) is 2. The summed E-state index contributed by atoms with van der Waals surface area (Å²) in [7, 11) is 0. The highest BCUT2D eigenvalue weighted by Crippen LogP contribution is 2.34. The highest BCUT2D eigenvalue weighted by molar-refractivity contribution is 5.71. The third-order valence-electron chi connectivity index (χ3n) is 7.22. The van der Waals surface area contributed by atoms with Crippen molar-refractivity contribution in [2.75, 3.05) is 24.6 Å². The van der Waals surface area contributed by atoms with E-state index in [1.54, 1.807) is 0 Å². The maximum Gasteiger partial charge on any atom is 0.280 e. The van der Waals surface area contributed by atoms with Gasteiger partial charge in [-0.2, -0.15) is 9.97 Å². The van der Waals surface area contributed by atoms with Crippen LogP contribution in [0.2, 0.25) is 0 Å². The van der Waals surface area contributed by atoms with Gasteiger partial charge >= 0.3 is 0 Å². The zero-order valence-corrected chi connectivity index (χ0v) is 21.3. The summed E-state index contributed by atoms with van der Waals surface area (Å²) >= 11 is 0. The van der Waals surface area contributed by atoms with Gasteiger partial charge in [-0.25, -0.2) is 29.9 Å². The summed E-state index contributed by atoms with van der Waals surface area (Å²) < 4.78 is 14.9. The molecular formula is C22H22N14O6. The van der Waals surface area contributed by atoms with Gasteiger partial charge in [0.1, 0.15) is 36.5 Å². The highest BCUT2D eigenvalue weighted by atomic mass is 16.5. The molecule has 0 bridgehead atoms. The Balaban J connectivity index is 1.17. The number of aromatic amines is 2. The summed E-state index contributed by atoms with van der Waals surface area (Å²) in [6.07, 6.45) is -3.36. The standard InChI is InChI=1S/C22H22N14O6/c23-21-31-15-11(17(39)33-21)29-5-35(15)19-13(37)9-7(41-19)1-25-3-27-10-8(2-26-4-28-9)42-20(14(10)38)36-6-30-12-16(36)32-22(24)34-18(12)40/h5-10,13-14,19-20,37-38H,1-2H2,(H3,23,31,33,39)(H3,24,32,34,40)/t7-,8-,9-,10-,13-,14-,19-,20-/m1/s1. The van der Waals surface area contributed by atoms with Gasteiger partial charge in [0.15, 0.2) is 34.8 Å². The quantitative estimate of drug-likeness (QED) is 0.139. The number of imidazole rings is 2. The van der Waals surface area contributed by atoms with E-state index in [2.05, 4.69) is 61.9 Å². The number of nitrogens with two attached hydrogens (primary N) is 2. The van der Waals surface area contributed by atoms with Crippen LogP contribution in [0.25, 0.3) is 22.3 Å². The highest BCUT2D eigenvalue weighted by Gasteiger charge is 2.47. The molecule has 7 heterocycles. The van der Waals surface area contributed by atoms with E-state index in [9.17, 15) is 19.8 Å². The molecule has 20 nitrogen and oxygen atoms in total. The van der Waals surface area contributed by atoms with Gasteiger partial charge in [0, 0.05) is 0 Å². The molecular weight excluding hydrogens is 556 g/mol. The van der Waals surface area contributed by atoms with E-state index >= 15 is 0 Å². The van der Waals surface area contributed by atoms with E-state index < -0.39 is 60.1 Å². The van der Waals surface area contributed by atoms with Crippen LogP contribution in [0.4, 0.5) is 11.9 Å². The molecule has 2 saturated heterocycles. The van der Waals surface area contributed by atoms with Crippen molar-refractivity contribution in [3.8, 4) is 0 Å². The first-order valence-corrected chi connectivity index (χ1v) is 12.6. The number of anilines is 2. The molecule has 42 heavy (non-hydrogen) atoms. The lowest BCUT2D eigenvalue weighted by Crippen LogP contribution is -2.32. The van der Waals surface area contributed by atoms with E-state index in [0.717, 1.165) is 0 Å². The lowest BCUT2D eigenvalue weighted by Gasteiger charge is -2.16. The van der Waals surface area contributed by atoms with Gasteiger partial charge in [0.2, 0.25) is 11.9 Å². The molecule has 0 aromatic carbocycles. The maximum atomic E-state index is 12.2. The Labute approximate surface area is 232 Å². The number of fused-ring (bicyclic) bond motifs is 4. The summed E-state index contributed by atoms with van der Waals surface area (Å²) in [5.74, 6) is -0.238. The number of aromatic nitrogens is 8. The second-order valence-electron chi connectivity index (χ2n) is 9.78. The van der Waals surface area contributed by atoms with Crippen molar-refractivity contribution >= 4 is 46.2 Å². The fourth-order valence-electron chi connectivity index (χ4n) is 5.27. The second-order valence-corrected chi connectivity index (χ2v) is 9.78. The number of H-pyrrole nitrogens is 2. The number of rotatable bonds is 2. The van der Waals surface area contributed by atoms with E-state index in [1.807, 2.05) is 0 Å². The SMILES string of the molecule is Nc1nc2c(ncn2[C@@H]2O[C@@H]3CN=C=N[C@H]4[C@@H](O)[C@H](n5cnc6c(=O)[nH]c(N)nc65)O[C@@H]4CN=C=N[C@H]3[C@H]2O)c(=O)[nH]1. The predicted molar refractivity (Wildman–Crippen MR) is 142 cm³/mol. The van der Waals surface area contributed by atoms with Crippen molar-refractivity contribution < 1.29 is 19.7 Å². The number of ether oxygens (including phenoxy) is 2. The lowest BCUT2D eigenvalue weighted by molar-refractivity contribution is -0.0320. The minimum absolute atomic E-state index is 0.0222. The van der Waals surface area contributed by atoms with Crippen molar-refractivity contribution in [2.24, 2.45) is 20.0 Å². The summed E-state index contributed by atoms with van der Waals surface area (Å²) in [5.41, 5.74) is 10.6. The van der Waals surface area contributed by atoms with Crippen LogP contribution in [-0.4, -0.2) is 111 Å². The van der Waals surface area contributed by atoms with Gasteiger partial charge in [0.05, 0.1) is 37.8 Å². The van der Waals surface area contributed by atoms with Crippen LogP contribution in [0.5, 0.6) is 0 Å². The van der Waals surface area contributed by atoms with Crippen LogP contribution in [0, 0.1) is 0 Å². The van der Waals surface area contributed by atoms with Crippen molar-refractivity contribution in [3.63, 3.8) is 0 Å². The van der Waals surface area contributed by atoms with Gasteiger partial charge in [-0.05, 0) is 0 Å². The summed E-state index contributed by atoms with van der Waals surface area (Å²) in [4.78, 5) is 62.4. The molecule has 2 fully saturated rings. The van der Waals surface area contributed by atoms with Gasteiger partial charge in [-0.1, -0.05) is 0 Å². The largest absolute Gasteiger partial charge is 0.386 e. The Morgan fingerprint density at radius 1 is 0.786 bits per heavy atom. The molecule has 4 aromatic heterocycles. The number of nitrogens with zero attached hydrogens (tertiary/aromatic N) is 10. The molecule has 0 aliphatic carbocycles.